The van der Waals surface area contributed by atoms with E-state index in [1.807, 2.05) is 24.3 Å². The Morgan fingerprint density at radius 2 is 2.08 bits per heavy atom. The van der Waals surface area contributed by atoms with Crippen LogP contribution < -0.4 is 0 Å². The second-order valence-corrected chi connectivity index (χ2v) is 6.50. The molecule has 1 aromatic heterocycles. The van der Waals surface area contributed by atoms with Crippen molar-refractivity contribution in [3.05, 3.63) is 69.5 Å². The molecule has 1 aliphatic heterocycles. The van der Waals surface area contributed by atoms with Crippen molar-refractivity contribution in [2.45, 2.75) is 25.8 Å². The van der Waals surface area contributed by atoms with Crippen molar-refractivity contribution < 1.29 is 9.72 Å². The zero-order valence-electron chi connectivity index (χ0n) is 14.3. The van der Waals surface area contributed by atoms with Crippen LogP contribution in [0.15, 0.2) is 42.5 Å². The van der Waals surface area contributed by atoms with E-state index in [0.717, 1.165) is 29.7 Å². The molecule has 1 atom stereocenters. The van der Waals surface area contributed by atoms with Gasteiger partial charge in [0, 0.05) is 23.7 Å². The van der Waals surface area contributed by atoms with Gasteiger partial charge in [-0.15, -0.1) is 0 Å². The Balaban J connectivity index is 1.69. The molecule has 132 valence electrons. The van der Waals surface area contributed by atoms with Gasteiger partial charge in [-0.3, -0.25) is 14.9 Å². The topological polar surface area (TPSA) is 92.1 Å². The molecule has 1 aliphatic rings. The highest BCUT2D eigenvalue weighted by molar-refractivity contribution is 5.97. The van der Waals surface area contributed by atoms with Gasteiger partial charge in [-0.05, 0) is 38.0 Å². The van der Waals surface area contributed by atoms with Crippen molar-refractivity contribution in [2.24, 2.45) is 0 Å². The Labute approximate surface area is 149 Å². The molecule has 0 bridgehead atoms. The summed E-state index contributed by atoms with van der Waals surface area (Å²) in [6.07, 6.45) is 1.70. The molecule has 4 rings (SSSR count). The minimum atomic E-state index is -0.452. The Kier molecular flexibility index (Phi) is 3.91. The lowest BCUT2D eigenvalue weighted by Crippen LogP contribution is -2.31. The van der Waals surface area contributed by atoms with Crippen LogP contribution >= 0.6 is 0 Å². The molecule has 1 unspecified atom stereocenters. The number of carbonyl (C=O) groups is 1. The van der Waals surface area contributed by atoms with Crippen LogP contribution in [-0.2, 0) is 0 Å². The molecule has 0 spiro atoms. The number of amides is 1. The zero-order valence-corrected chi connectivity index (χ0v) is 14.3. The second kappa shape index (κ2) is 6.25. The van der Waals surface area contributed by atoms with Crippen LogP contribution in [0.3, 0.4) is 0 Å². The van der Waals surface area contributed by atoms with Crippen molar-refractivity contribution in [3.63, 3.8) is 0 Å². The molecule has 1 amide bonds. The van der Waals surface area contributed by atoms with Crippen LogP contribution in [0.4, 0.5) is 5.69 Å². The average Bonchev–Trinajstić information content (AvgIpc) is 3.27. The Bertz CT molecular complexity index is 978. The van der Waals surface area contributed by atoms with E-state index < -0.39 is 4.92 Å². The molecular formula is C19H18N4O3. The number of nitrogens with one attached hydrogen (secondary N) is 1. The number of rotatable bonds is 3. The van der Waals surface area contributed by atoms with Crippen LogP contribution in [0.1, 0.15) is 40.6 Å². The van der Waals surface area contributed by atoms with Crippen LogP contribution in [0.25, 0.3) is 11.0 Å². The quantitative estimate of drug-likeness (QED) is 0.575. The van der Waals surface area contributed by atoms with E-state index in [-0.39, 0.29) is 17.6 Å². The summed E-state index contributed by atoms with van der Waals surface area (Å²) in [5.74, 6) is 0.578. The van der Waals surface area contributed by atoms with Crippen molar-refractivity contribution in [1.29, 1.82) is 0 Å². The summed E-state index contributed by atoms with van der Waals surface area (Å²) in [5, 5.41) is 11.2. The van der Waals surface area contributed by atoms with Crippen molar-refractivity contribution in [2.75, 3.05) is 6.54 Å². The number of carbonyl (C=O) groups excluding carboxylic acids is 1. The highest BCUT2D eigenvalue weighted by Gasteiger charge is 2.34. The van der Waals surface area contributed by atoms with Gasteiger partial charge in [0.15, 0.2) is 0 Å². The average molecular weight is 350 g/mol. The molecule has 0 saturated carbocycles. The van der Waals surface area contributed by atoms with E-state index in [1.165, 1.54) is 6.07 Å². The van der Waals surface area contributed by atoms with E-state index in [1.54, 1.807) is 24.0 Å². The fourth-order valence-corrected chi connectivity index (χ4v) is 3.63. The summed E-state index contributed by atoms with van der Waals surface area (Å²) in [5.41, 5.74) is 2.55. The van der Waals surface area contributed by atoms with E-state index in [4.69, 9.17) is 0 Å². The lowest BCUT2D eigenvalue weighted by Gasteiger charge is -2.24. The van der Waals surface area contributed by atoms with E-state index in [2.05, 4.69) is 9.97 Å². The van der Waals surface area contributed by atoms with Gasteiger partial charge < -0.3 is 9.88 Å². The third kappa shape index (κ3) is 2.61. The van der Waals surface area contributed by atoms with Gasteiger partial charge in [-0.2, -0.15) is 0 Å². The van der Waals surface area contributed by atoms with Gasteiger partial charge in [-0.25, -0.2) is 4.98 Å². The molecule has 0 radical (unpaired) electrons. The SMILES string of the molecule is Cc1c(C(=O)N2CCCC2c2nc3ccccc3[nH]2)cccc1[N+](=O)[O-]. The normalized spacial score (nSPS) is 17.0. The first-order valence-electron chi connectivity index (χ1n) is 8.56. The fourth-order valence-electron chi connectivity index (χ4n) is 3.63. The number of likely N-dealkylation sites (tertiary alicyclic amines) is 1. The maximum atomic E-state index is 13.1. The zero-order chi connectivity index (χ0) is 18.3. The summed E-state index contributed by atoms with van der Waals surface area (Å²) >= 11 is 0. The molecule has 7 nitrogen and oxygen atoms in total. The number of para-hydroxylation sites is 2. The predicted molar refractivity (Wildman–Crippen MR) is 96.9 cm³/mol. The molecule has 1 saturated heterocycles. The minimum absolute atomic E-state index is 0.0321. The predicted octanol–water partition coefficient (Wildman–Crippen LogP) is 3.76. The van der Waals surface area contributed by atoms with Crippen LogP contribution in [0.2, 0.25) is 0 Å². The number of nitro groups is 1. The molecule has 2 heterocycles. The first-order valence-corrected chi connectivity index (χ1v) is 8.56. The molecule has 2 aromatic carbocycles. The Hall–Kier alpha value is -3.22. The Morgan fingerprint density at radius 3 is 2.85 bits per heavy atom. The van der Waals surface area contributed by atoms with Crippen molar-refractivity contribution in [3.8, 4) is 0 Å². The monoisotopic (exact) mass is 350 g/mol. The lowest BCUT2D eigenvalue weighted by atomic mass is 10.0. The summed E-state index contributed by atoms with van der Waals surface area (Å²) in [6.45, 7) is 2.24. The molecule has 1 fully saturated rings. The Morgan fingerprint density at radius 1 is 1.27 bits per heavy atom. The number of nitro benzene ring substituents is 1. The van der Waals surface area contributed by atoms with Gasteiger partial charge in [0.25, 0.3) is 11.6 Å². The van der Waals surface area contributed by atoms with Gasteiger partial charge in [0.1, 0.15) is 5.82 Å². The van der Waals surface area contributed by atoms with Gasteiger partial charge in [-0.1, -0.05) is 18.2 Å². The molecule has 7 heteroatoms. The summed E-state index contributed by atoms with van der Waals surface area (Å²) in [4.78, 5) is 33.5. The number of nitrogens with zero attached hydrogens (tertiary/aromatic N) is 3. The van der Waals surface area contributed by atoms with Crippen LogP contribution in [0.5, 0.6) is 0 Å². The third-order valence-electron chi connectivity index (χ3n) is 4.97. The number of hydrogen-bond donors (Lipinski definition) is 1. The van der Waals surface area contributed by atoms with E-state index in [9.17, 15) is 14.9 Å². The fraction of sp³-hybridized carbons (Fsp3) is 0.263. The molecular weight excluding hydrogens is 332 g/mol. The highest BCUT2D eigenvalue weighted by Crippen LogP contribution is 2.34. The van der Waals surface area contributed by atoms with E-state index in [0.29, 0.717) is 17.7 Å². The molecule has 0 aliphatic carbocycles. The lowest BCUT2D eigenvalue weighted by molar-refractivity contribution is -0.385. The molecule has 26 heavy (non-hydrogen) atoms. The van der Waals surface area contributed by atoms with Gasteiger partial charge in [0.2, 0.25) is 0 Å². The van der Waals surface area contributed by atoms with Crippen LogP contribution in [-0.4, -0.2) is 32.2 Å². The largest absolute Gasteiger partial charge is 0.340 e. The maximum absolute atomic E-state index is 13.1. The van der Waals surface area contributed by atoms with Gasteiger partial charge in [0.05, 0.1) is 22.0 Å². The number of fused-ring (bicyclic) bond motifs is 1. The first kappa shape index (κ1) is 16.3. The smallest absolute Gasteiger partial charge is 0.273 e. The van der Waals surface area contributed by atoms with E-state index >= 15 is 0 Å². The van der Waals surface area contributed by atoms with Crippen molar-refractivity contribution in [1.82, 2.24) is 14.9 Å². The second-order valence-electron chi connectivity index (χ2n) is 6.50. The number of H-pyrrole nitrogens is 1. The first-order chi connectivity index (χ1) is 12.6. The summed E-state index contributed by atoms with van der Waals surface area (Å²) in [6, 6.07) is 12.2. The van der Waals surface area contributed by atoms with Gasteiger partial charge >= 0.3 is 0 Å². The number of benzene rings is 2. The van der Waals surface area contributed by atoms with Crippen LogP contribution in [0, 0.1) is 17.0 Å². The summed E-state index contributed by atoms with van der Waals surface area (Å²) in [7, 11) is 0. The molecule has 3 aromatic rings. The number of aromatic nitrogens is 2. The number of aromatic amines is 1. The standard InChI is InChI=1S/C19H18N4O3/c1-12-13(6-4-9-16(12)23(25)26)19(24)22-11-5-10-17(22)18-20-14-7-2-3-8-15(14)21-18/h2-4,6-9,17H,5,10-11H2,1H3,(H,20,21). The number of hydrogen-bond acceptors (Lipinski definition) is 4. The van der Waals surface area contributed by atoms with Crippen molar-refractivity contribution >= 4 is 22.6 Å². The minimum Gasteiger partial charge on any atom is -0.340 e. The summed E-state index contributed by atoms with van der Waals surface area (Å²) < 4.78 is 0. The number of imidazole rings is 1. The molecule has 1 N–H and O–H groups in total. The highest BCUT2D eigenvalue weighted by atomic mass is 16.6. The third-order valence-corrected chi connectivity index (χ3v) is 4.97. The maximum Gasteiger partial charge on any atom is 0.273 e.